The molecular formula is C22H45N2O4PSi. The normalized spacial score (nSPS) is 26.6. The highest BCUT2D eigenvalue weighted by Crippen LogP contribution is 2.47. The number of ether oxygens (including phenoxy) is 1. The second-order valence-electron chi connectivity index (χ2n) is 10.4. The minimum absolute atomic E-state index is 0.0228. The summed E-state index contributed by atoms with van der Waals surface area (Å²) in [7, 11) is -3.12. The van der Waals surface area contributed by atoms with Gasteiger partial charge in [-0.1, -0.05) is 27.7 Å². The van der Waals surface area contributed by atoms with Gasteiger partial charge in [0, 0.05) is 18.0 Å². The molecule has 1 aliphatic heterocycles. The molecule has 1 heterocycles. The molecular weight excluding hydrogens is 415 g/mol. The molecule has 0 amide bonds. The maximum Gasteiger partial charge on any atom is 0.259 e. The van der Waals surface area contributed by atoms with E-state index in [9.17, 15) is 0 Å². The molecule has 6 nitrogen and oxygen atoms in total. The maximum absolute atomic E-state index is 7.01. The maximum atomic E-state index is 7.01. The van der Waals surface area contributed by atoms with Crippen LogP contribution in [0.4, 0.5) is 0 Å². The lowest BCUT2D eigenvalue weighted by molar-refractivity contribution is 0.00143. The van der Waals surface area contributed by atoms with E-state index in [1.54, 1.807) is 0 Å². The summed E-state index contributed by atoms with van der Waals surface area (Å²) in [6.07, 6.45) is 0.105. The smallest absolute Gasteiger partial charge is 0.259 e. The summed E-state index contributed by atoms with van der Waals surface area (Å²) in [5.41, 5.74) is 0. The van der Waals surface area contributed by atoms with Crippen molar-refractivity contribution >= 4 is 16.8 Å². The van der Waals surface area contributed by atoms with E-state index in [1.165, 1.54) is 0 Å². The highest BCUT2D eigenvalue weighted by Gasteiger charge is 2.47. The van der Waals surface area contributed by atoms with Crippen molar-refractivity contribution < 1.29 is 18.2 Å². The largest absolute Gasteiger partial charge is 0.411 e. The summed E-state index contributed by atoms with van der Waals surface area (Å²) >= 11 is 0. The van der Waals surface area contributed by atoms with Gasteiger partial charge in [0.1, 0.15) is 6.61 Å². The van der Waals surface area contributed by atoms with E-state index in [0.717, 1.165) is 0 Å². The molecule has 0 aliphatic carbocycles. The average molecular weight is 461 g/mol. The Labute approximate surface area is 187 Å². The minimum Gasteiger partial charge on any atom is -0.411 e. The van der Waals surface area contributed by atoms with Gasteiger partial charge >= 0.3 is 0 Å². The Bertz CT molecular complexity index is 554. The molecule has 0 radical (unpaired) electrons. The van der Waals surface area contributed by atoms with Crippen LogP contribution >= 0.6 is 8.53 Å². The lowest BCUT2D eigenvalue weighted by Crippen LogP contribution is -2.47. The van der Waals surface area contributed by atoms with Crippen molar-refractivity contribution in [3.8, 4) is 0 Å². The number of rotatable bonds is 11. The lowest BCUT2D eigenvalue weighted by atomic mass is 10.00. The highest BCUT2D eigenvalue weighted by atomic mass is 31.2. The molecule has 1 saturated heterocycles. The van der Waals surface area contributed by atoms with Gasteiger partial charge in [0.25, 0.3) is 8.53 Å². The predicted molar refractivity (Wildman–Crippen MR) is 128 cm³/mol. The van der Waals surface area contributed by atoms with Crippen LogP contribution in [0.25, 0.3) is 4.85 Å². The van der Waals surface area contributed by atoms with Gasteiger partial charge in [0.15, 0.2) is 8.32 Å². The van der Waals surface area contributed by atoms with Crippen LogP contribution in [-0.4, -0.2) is 63.1 Å². The van der Waals surface area contributed by atoms with Crippen molar-refractivity contribution in [2.75, 3.05) is 19.8 Å². The SMILES string of the molecule is [C-]#[N+]CCOP(OC[C@H]1O[C@@H](C)[C@@H](O[Si](C)(C)C(C)(C)C)C1C)N(C(C)C)C(C)C. The lowest BCUT2D eigenvalue weighted by Gasteiger charge is -2.40. The molecule has 0 N–H and O–H groups in total. The Morgan fingerprint density at radius 1 is 1.10 bits per heavy atom. The molecule has 176 valence electrons. The molecule has 0 aromatic carbocycles. The van der Waals surface area contributed by atoms with Gasteiger partial charge in [0.05, 0.1) is 24.9 Å². The van der Waals surface area contributed by atoms with Crippen LogP contribution in [0.1, 0.15) is 62.3 Å². The van der Waals surface area contributed by atoms with Crippen LogP contribution in [0.2, 0.25) is 18.1 Å². The van der Waals surface area contributed by atoms with E-state index < -0.39 is 16.8 Å². The molecule has 0 aromatic rings. The fraction of sp³-hybridized carbons (Fsp3) is 0.955. The van der Waals surface area contributed by atoms with Gasteiger partial charge in [-0.2, -0.15) is 0 Å². The van der Waals surface area contributed by atoms with Crippen LogP contribution in [-0.2, 0) is 18.2 Å². The van der Waals surface area contributed by atoms with E-state index in [0.29, 0.717) is 31.8 Å². The summed E-state index contributed by atoms with van der Waals surface area (Å²) < 4.78 is 27.6. The van der Waals surface area contributed by atoms with Crippen molar-refractivity contribution in [2.24, 2.45) is 5.92 Å². The third kappa shape index (κ3) is 7.51. The van der Waals surface area contributed by atoms with Crippen molar-refractivity contribution in [1.82, 2.24) is 4.67 Å². The molecule has 30 heavy (non-hydrogen) atoms. The first-order chi connectivity index (χ1) is 13.7. The van der Waals surface area contributed by atoms with Gasteiger partial charge in [0.2, 0.25) is 6.54 Å². The zero-order valence-electron chi connectivity index (χ0n) is 21.1. The molecule has 0 bridgehead atoms. The average Bonchev–Trinajstić information content (AvgIpc) is 2.85. The first kappa shape index (κ1) is 28.0. The minimum atomic E-state index is -1.88. The Morgan fingerprint density at radius 3 is 2.13 bits per heavy atom. The Kier molecular flexibility index (Phi) is 10.9. The summed E-state index contributed by atoms with van der Waals surface area (Å²) in [5.74, 6) is 0.251. The third-order valence-corrected chi connectivity index (χ3v) is 12.7. The molecule has 0 spiro atoms. The van der Waals surface area contributed by atoms with E-state index in [1.807, 2.05) is 0 Å². The first-order valence-corrected chi connectivity index (χ1v) is 15.3. The third-order valence-electron chi connectivity index (χ3n) is 6.19. The monoisotopic (exact) mass is 460 g/mol. The van der Waals surface area contributed by atoms with E-state index in [4.69, 9.17) is 24.8 Å². The fourth-order valence-electron chi connectivity index (χ4n) is 3.47. The van der Waals surface area contributed by atoms with Crippen LogP contribution < -0.4 is 0 Å². The zero-order chi connectivity index (χ0) is 23.3. The van der Waals surface area contributed by atoms with Crippen LogP contribution in [0, 0.1) is 12.5 Å². The number of hydrogen-bond acceptors (Lipinski definition) is 5. The number of nitrogens with zero attached hydrogens (tertiary/aromatic N) is 2. The van der Waals surface area contributed by atoms with Crippen molar-refractivity contribution in [2.45, 2.75) is 111 Å². The highest BCUT2D eigenvalue weighted by molar-refractivity contribution is 7.44. The molecule has 1 rings (SSSR count). The first-order valence-electron chi connectivity index (χ1n) is 11.2. The summed E-state index contributed by atoms with van der Waals surface area (Å²) in [4.78, 5) is 3.40. The molecule has 2 unspecified atom stereocenters. The predicted octanol–water partition coefficient (Wildman–Crippen LogP) is 6.10. The molecule has 1 fully saturated rings. The topological polar surface area (TPSA) is 44.5 Å². The van der Waals surface area contributed by atoms with Crippen LogP contribution in [0.3, 0.4) is 0 Å². The van der Waals surface area contributed by atoms with Crippen molar-refractivity contribution in [3.63, 3.8) is 0 Å². The summed E-state index contributed by atoms with van der Waals surface area (Å²) in [6.45, 7) is 32.5. The quantitative estimate of drug-likeness (QED) is 0.161. The van der Waals surface area contributed by atoms with Crippen molar-refractivity contribution in [1.29, 1.82) is 0 Å². The fourth-order valence-corrected chi connectivity index (χ4v) is 6.52. The molecule has 8 heteroatoms. The van der Waals surface area contributed by atoms with Gasteiger partial charge in [-0.3, -0.25) is 0 Å². The van der Waals surface area contributed by atoms with Crippen LogP contribution in [0.5, 0.6) is 0 Å². The molecule has 0 saturated carbocycles. The summed E-state index contributed by atoms with van der Waals surface area (Å²) in [6, 6.07) is 0.583. The van der Waals surface area contributed by atoms with E-state index in [2.05, 4.69) is 84.9 Å². The van der Waals surface area contributed by atoms with Gasteiger partial charge in [-0.15, -0.1) is 0 Å². The van der Waals surface area contributed by atoms with Gasteiger partial charge in [-0.05, 0) is 52.8 Å². The zero-order valence-corrected chi connectivity index (χ0v) is 23.0. The van der Waals surface area contributed by atoms with E-state index >= 15 is 0 Å². The number of hydrogen-bond donors (Lipinski definition) is 0. The second kappa shape index (κ2) is 11.7. The van der Waals surface area contributed by atoms with Gasteiger partial charge < -0.3 is 23.1 Å². The molecule has 0 aromatic heterocycles. The van der Waals surface area contributed by atoms with E-state index in [-0.39, 0.29) is 29.3 Å². The van der Waals surface area contributed by atoms with Gasteiger partial charge in [-0.25, -0.2) is 11.2 Å². The van der Waals surface area contributed by atoms with Crippen LogP contribution in [0.15, 0.2) is 0 Å². The Balaban J connectivity index is 2.83. The Morgan fingerprint density at radius 2 is 1.67 bits per heavy atom. The molecule has 1 aliphatic rings. The standard InChI is InChI=1S/C22H45N2O4PSi/c1-16(2)24(17(3)4)29(25-14-13-23-10)26-15-20-18(5)21(19(6)27-20)28-30(11,12)22(7,8)9/h16-21H,13-15H2,1-9,11-12H3/t18?,19-,20+,21-,29?/m0/s1. The summed E-state index contributed by atoms with van der Waals surface area (Å²) in [5, 5.41) is 0.168. The molecule has 5 atom stereocenters. The second-order valence-corrected chi connectivity index (χ2v) is 16.6. The Hall–Kier alpha value is -0.0631. The van der Waals surface area contributed by atoms with Crippen molar-refractivity contribution in [3.05, 3.63) is 11.4 Å².